The minimum absolute atomic E-state index is 0.190. The zero-order chi connectivity index (χ0) is 12.0. The van der Waals surface area contributed by atoms with Gasteiger partial charge < -0.3 is 4.74 Å². The highest BCUT2D eigenvalue weighted by Crippen LogP contribution is 2.14. The third kappa shape index (κ3) is 3.45. The first kappa shape index (κ1) is 12.9. The minimum atomic E-state index is -1.03. The van der Waals surface area contributed by atoms with Crippen LogP contribution in [-0.2, 0) is 26.8 Å². The Morgan fingerprint density at radius 1 is 1.31 bits per heavy atom. The number of hydrogen-bond acceptors (Lipinski definition) is 3. The number of rotatable bonds is 5. The van der Waals surface area contributed by atoms with Gasteiger partial charge >= 0.3 is 5.97 Å². The molecule has 0 aliphatic carbocycles. The van der Waals surface area contributed by atoms with Crippen molar-refractivity contribution in [3.8, 4) is 0 Å². The van der Waals surface area contributed by atoms with Gasteiger partial charge in [0.05, 0.1) is 23.8 Å². The van der Waals surface area contributed by atoms with Crippen LogP contribution < -0.4 is 0 Å². The molecule has 0 N–H and O–H groups in total. The first-order chi connectivity index (χ1) is 7.69. The number of ether oxygens (including phenoxy) is 1. The van der Waals surface area contributed by atoms with Crippen LogP contribution in [0.15, 0.2) is 29.2 Å². The Balaban J connectivity index is 2.87. The summed E-state index contributed by atoms with van der Waals surface area (Å²) < 4.78 is 16.6. The summed E-state index contributed by atoms with van der Waals surface area (Å²) in [5.74, 6) is 0.280. The fourth-order valence-corrected chi connectivity index (χ4v) is 2.37. The number of carbonyl (C=O) groups is 1. The quantitative estimate of drug-likeness (QED) is 0.738. The topological polar surface area (TPSA) is 43.4 Å². The maximum atomic E-state index is 11.7. The maximum absolute atomic E-state index is 11.7. The molecule has 0 aliphatic rings. The van der Waals surface area contributed by atoms with Gasteiger partial charge in [0.15, 0.2) is 0 Å². The summed E-state index contributed by atoms with van der Waals surface area (Å²) in [6, 6.07) is 7.29. The van der Waals surface area contributed by atoms with Gasteiger partial charge in [-0.25, -0.2) is 0 Å². The molecule has 0 saturated carbocycles. The van der Waals surface area contributed by atoms with Crippen molar-refractivity contribution >= 4 is 16.8 Å². The molecule has 1 aromatic carbocycles. The van der Waals surface area contributed by atoms with Crippen molar-refractivity contribution in [2.24, 2.45) is 0 Å². The summed E-state index contributed by atoms with van der Waals surface area (Å²) in [6.07, 6.45) is 0.190. The molecule has 88 valence electrons. The normalized spacial score (nSPS) is 12.1. The van der Waals surface area contributed by atoms with E-state index in [4.69, 9.17) is 4.74 Å². The van der Waals surface area contributed by atoms with Crippen LogP contribution in [0.1, 0.15) is 19.4 Å². The molecule has 0 radical (unpaired) electrons. The Labute approximate surface area is 98.3 Å². The summed E-state index contributed by atoms with van der Waals surface area (Å²) in [7, 11) is -1.03. The van der Waals surface area contributed by atoms with E-state index >= 15 is 0 Å². The molecule has 16 heavy (non-hydrogen) atoms. The first-order valence-corrected chi connectivity index (χ1v) is 6.62. The predicted octanol–water partition coefficient (Wildman–Crippen LogP) is 1.92. The van der Waals surface area contributed by atoms with Crippen LogP contribution in [0.4, 0.5) is 0 Å². The summed E-state index contributed by atoms with van der Waals surface area (Å²) in [4.78, 5) is 12.1. The molecule has 0 saturated heterocycles. The molecular formula is C12H16O3S. The minimum Gasteiger partial charge on any atom is -0.466 e. The standard InChI is InChI=1S/C12H16O3S/c1-3-15-12(13)9-10-7-5-6-8-11(10)16(14)4-2/h5-8H,3-4,9H2,1-2H3. The van der Waals surface area contributed by atoms with Crippen molar-refractivity contribution in [3.63, 3.8) is 0 Å². The number of hydrogen-bond donors (Lipinski definition) is 0. The fourth-order valence-electron chi connectivity index (χ4n) is 1.40. The summed E-state index contributed by atoms with van der Waals surface area (Å²) in [6.45, 7) is 4.00. The Bertz CT molecular complexity index is 388. The van der Waals surface area contributed by atoms with E-state index in [9.17, 15) is 9.00 Å². The van der Waals surface area contributed by atoms with Crippen molar-refractivity contribution in [1.82, 2.24) is 0 Å². The molecule has 4 heteroatoms. The van der Waals surface area contributed by atoms with Crippen molar-refractivity contribution in [1.29, 1.82) is 0 Å². The summed E-state index contributed by atoms with van der Waals surface area (Å²) in [5, 5.41) is 0. The van der Waals surface area contributed by atoms with E-state index in [1.807, 2.05) is 25.1 Å². The molecule has 1 atom stereocenters. The van der Waals surface area contributed by atoms with Crippen LogP contribution in [0, 0.1) is 0 Å². The van der Waals surface area contributed by atoms with E-state index in [2.05, 4.69) is 0 Å². The van der Waals surface area contributed by atoms with E-state index in [0.717, 1.165) is 10.5 Å². The molecule has 0 spiro atoms. The van der Waals surface area contributed by atoms with Crippen molar-refractivity contribution in [2.45, 2.75) is 25.2 Å². The predicted molar refractivity (Wildman–Crippen MR) is 63.7 cm³/mol. The monoisotopic (exact) mass is 240 g/mol. The molecule has 0 amide bonds. The zero-order valence-electron chi connectivity index (χ0n) is 9.56. The fraction of sp³-hybridized carbons (Fsp3) is 0.417. The van der Waals surface area contributed by atoms with Crippen LogP contribution >= 0.6 is 0 Å². The van der Waals surface area contributed by atoms with Crippen LogP contribution in [0.2, 0.25) is 0 Å². The lowest BCUT2D eigenvalue weighted by Crippen LogP contribution is -2.10. The number of carbonyl (C=O) groups excluding carboxylic acids is 1. The summed E-state index contributed by atoms with van der Waals surface area (Å²) >= 11 is 0. The average Bonchev–Trinajstić information content (AvgIpc) is 2.29. The number of esters is 1. The lowest BCUT2D eigenvalue weighted by molar-refractivity contribution is -0.142. The van der Waals surface area contributed by atoms with Gasteiger partial charge in [-0.3, -0.25) is 9.00 Å². The molecule has 0 heterocycles. The highest BCUT2D eigenvalue weighted by molar-refractivity contribution is 7.85. The van der Waals surface area contributed by atoms with E-state index in [1.54, 1.807) is 13.0 Å². The smallest absolute Gasteiger partial charge is 0.310 e. The van der Waals surface area contributed by atoms with Crippen LogP contribution in [0.25, 0.3) is 0 Å². The second kappa shape index (κ2) is 6.43. The first-order valence-electron chi connectivity index (χ1n) is 5.31. The highest BCUT2D eigenvalue weighted by atomic mass is 32.2. The molecule has 3 nitrogen and oxygen atoms in total. The van der Waals surface area contributed by atoms with Gasteiger partial charge in [0.2, 0.25) is 0 Å². The lowest BCUT2D eigenvalue weighted by Gasteiger charge is -2.07. The molecule has 1 unspecified atom stereocenters. The molecule has 1 aromatic rings. The van der Waals surface area contributed by atoms with Crippen molar-refractivity contribution in [2.75, 3.05) is 12.4 Å². The van der Waals surface area contributed by atoms with E-state index in [-0.39, 0.29) is 12.4 Å². The third-order valence-electron chi connectivity index (χ3n) is 2.12. The van der Waals surface area contributed by atoms with Crippen LogP contribution in [0.3, 0.4) is 0 Å². The van der Waals surface area contributed by atoms with Gasteiger partial charge in [0.25, 0.3) is 0 Å². The second-order valence-corrected chi connectivity index (χ2v) is 4.93. The largest absolute Gasteiger partial charge is 0.466 e. The van der Waals surface area contributed by atoms with Crippen molar-refractivity contribution in [3.05, 3.63) is 29.8 Å². The SMILES string of the molecule is CCOC(=O)Cc1ccccc1S(=O)CC. The van der Waals surface area contributed by atoms with Gasteiger partial charge in [0, 0.05) is 10.6 Å². The summed E-state index contributed by atoms with van der Waals surface area (Å²) in [5.41, 5.74) is 0.793. The molecule has 0 aromatic heterocycles. The van der Waals surface area contributed by atoms with Crippen molar-refractivity contribution < 1.29 is 13.7 Å². The third-order valence-corrected chi connectivity index (χ3v) is 3.53. The molecular weight excluding hydrogens is 224 g/mol. The number of benzene rings is 1. The zero-order valence-corrected chi connectivity index (χ0v) is 10.4. The Morgan fingerprint density at radius 3 is 2.62 bits per heavy atom. The van der Waals surface area contributed by atoms with Crippen LogP contribution in [0.5, 0.6) is 0 Å². The van der Waals surface area contributed by atoms with E-state index in [0.29, 0.717) is 12.4 Å². The lowest BCUT2D eigenvalue weighted by atomic mass is 10.1. The van der Waals surface area contributed by atoms with E-state index in [1.165, 1.54) is 0 Å². The van der Waals surface area contributed by atoms with Gasteiger partial charge in [-0.1, -0.05) is 25.1 Å². The molecule has 0 aliphatic heterocycles. The van der Waals surface area contributed by atoms with Gasteiger partial charge in [0.1, 0.15) is 0 Å². The Morgan fingerprint density at radius 2 is 2.00 bits per heavy atom. The molecule has 1 rings (SSSR count). The second-order valence-electron chi connectivity index (χ2n) is 3.22. The average molecular weight is 240 g/mol. The highest BCUT2D eigenvalue weighted by Gasteiger charge is 2.11. The van der Waals surface area contributed by atoms with Crippen LogP contribution in [-0.4, -0.2) is 22.5 Å². The molecule has 0 fully saturated rings. The van der Waals surface area contributed by atoms with E-state index < -0.39 is 10.8 Å². The van der Waals surface area contributed by atoms with Gasteiger partial charge in [-0.2, -0.15) is 0 Å². The molecule has 0 bridgehead atoms. The Kier molecular flexibility index (Phi) is 5.19. The van der Waals surface area contributed by atoms with Gasteiger partial charge in [-0.15, -0.1) is 0 Å². The maximum Gasteiger partial charge on any atom is 0.310 e. The van der Waals surface area contributed by atoms with Gasteiger partial charge in [-0.05, 0) is 18.6 Å². The Hall–Kier alpha value is -1.16.